The Kier molecular flexibility index (Phi) is 5.42. The van der Waals surface area contributed by atoms with E-state index in [1.165, 1.54) is 0 Å². The van der Waals surface area contributed by atoms with Crippen LogP contribution in [0.5, 0.6) is 0 Å². The summed E-state index contributed by atoms with van der Waals surface area (Å²) in [5.74, 6) is 0.862. The molecule has 0 spiro atoms. The number of nitrogens with one attached hydrogen (secondary N) is 1. The predicted octanol–water partition coefficient (Wildman–Crippen LogP) is 4.03. The van der Waals surface area contributed by atoms with E-state index in [0.29, 0.717) is 37.5 Å². The van der Waals surface area contributed by atoms with E-state index in [1.807, 2.05) is 30.3 Å². The molecule has 1 saturated heterocycles. The van der Waals surface area contributed by atoms with Gasteiger partial charge in [0.1, 0.15) is 5.76 Å². The Bertz CT molecular complexity index is 1060. The average Bonchev–Trinajstić information content (AvgIpc) is 3.16. The van der Waals surface area contributed by atoms with Crippen LogP contribution in [0.1, 0.15) is 24.2 Å². The molecule has 29 heavy (non-hydrogen) atoms. The lowest BCUT2D eigenvalue weighted by atomic mass is 9.95. The number of carbonyl (C=O) groups excluding carboxylic acids is 2. The van der Waals surface area contributed by atoms with Crippen molar-refractivity contribution in [3.63, 3.8) is 0 Å². The van der Waals surface area contributed by atoms with Gasteiger partial charge in [-0.15, -0.1) is 0 Å². The highest BCUT2D eigenvalue weighted by molar-refractivity contribution is 5.97. The number of rotatable bonds is 4. The van der Waals surface area contributed by atoms with E-state index in [9.17, 15) is 9.59 Å². The summed E-state index contributed by atoms with van der Waals surface area (Å²) in [5.41, 5.74) is 1.02. The molecular weight excluding hydrogens is 366 g/mol. The average molecular weight is 389 g/mol. The molecule has 1 fully saturated rings. The van der Waals surface area contributed by atoms with E-state index in [-0.39, 0.29) is 17.7 Å². The lowest BCUT2D eigenvalue weighted by molar-refractivity contribution is -0.130. The Hall–Kier alpha value is -3.41. The van der Waals surface area contributed by atoms with Crippen LogP contribution in [-0.2, 0) is 9.59 Å². The minimum Gasteiger partial charge on any atom is -0.360 e. The monoisotopic (exact) mass is 389 g/mol. The van der Waals surface area contributed by atoms with Gasteiger partial charge in [0.2, 0.25) is 11.8 Å². The summed E-state index contributed by atoms with van der Waals surface area (Å²) in [6.07, 6.45) is 4.77. The fourth-order valence-corrected chi connectivity index (χ4v) is 3.68. The van der Waals surface area contributed by atoms with E-state index in [2.05, 4.69) is 28.7 Å². The van der Waals surface area contributed by atoms with Gasteiger partial charge < -0.3 is 14.7 Å². The minimum atomic E-state index is -0.127. The highest BCUT2D eigenvalue weighted by atomic mass is 16.5. The van der Waals surface area contributed by atoms with Crippen molar-refractivity contribution < 1.29 is 14.1 Å². The quantitative estimate of drug-likeness (QED) is 0.684. The molecule has 2 heterocycles. The van der Waals surface area contributed by atoms with Crippen LogP contribution in [0.25, 0.3) is 16.8 Å². The van der Waals surface area contributed by atoms with Crippen molar-refractivity contribution in [2.24, 2.45) is 5.92 Å². The fraction of sp³-hybridized carbons (Fsp3) is 0.261. The van der Waals surface area contributed by atoms with Gasteiger partial charge in [0, 0.05) is 31.1 Å². The predicted molar refractivity (Wildman–Crippen MR) is 112 cm³/mol. The first-order valence-electron chi connectivity index (χ1n) is 9.79. The number of likely N-dealkylation sites (tertiary alicyclic amines) is 1. The molecule has 1 N–H and O–H groups in total. The van der Waals surface area contributed by atoms with Crippen molar-refractivity contribution in [2.75, 3.05) is 18.4 Å². The zero-order chi connectivity index (χ0) is 20.2. The van der Waals surface area contributed by atoms with Gasteiger partial charge in [-0.25, -0.2) is 0 Å². The lowest BCUT2D eigenvalue weighted by Gasteiger charge is -2.30. The first-order valence-corrected chi connectivity index (χ1v) is 9.79. The molecule has 0 bridgehead atoms. The Morgan fingerprint density at radius 1 is 1.14 bits per heavy atom. The number of piperidine rings is 1. The van der Waals surface area contributed by atoms with Crippen molar-refractivity contribution in [1.82, 2.24) is 10.1 Å². The number of carbonyl (C=O) groups is 2. The number of aryl methyl sites for hydroxylation is 1. The fourth-order valence-electron chi connectivity index (χ4n) is 3.68. The first kappa shape index (κ1) is 18.9. The molecule has 6 heteroatoms. The summed E-state index contributed by atoms with van der Waals surface area (Å²) in [4.78, 5) is 26.8. The van der Waals surface area contributed by atoms with Gasteiger partial charge in [-0.2, -0.15) is 0 Å². The Morgan fingerprint density at radius 3 is 2.66 bits per heavy atom. The molecule has 2 amide bonds. The standard InChI is InChI=1S/C23H23N3O3/c1-16-15-21(25-29-16)24-23(28)19-11-13-26(14-12-19)22(27)10-9-18-7-4-6-17-5-2-3-8-20(17)18/h2-10,15,19H,11-14H2,1H3,(H,24,25,28)/b10-9+. The molecule has 1 aromatic heterocycles. The Balaban J connectivity index is 1.34. The maximum absolute atomic E-state index is 12.6. The van der Waals surface area contributed by atoms with Crippen LogP contribution < -0.4 is 5.32 Å². The summed E-state index contributed by atoms with van der Waals surface area (Å²) in [7, 11) is 0. The Labute approximate surface area is 169 Å². The molecule has 1 aliphatic rings. The van der Waals surface area contributed by atoms with Gasteiger partial charge in [-0.3, -0.25) is 9.59 Å². The summed E-state index contributed by atoms with van der Waals surface area (Å²) in [5, 5.41) is 8.84. The SMILES string of the molecule is Cc1cc(NC(=O)C2CCN(C(=O)/C=C/c3cccc4ccccc34)CC2)no1. The van der Waals surface area contributed by atoms with Crippen LogP contribution in [0.4, 0.5) is 5.82 Å². The topological polar surface area (TPSA) is 75.4 Å². The molecule has 2 aromatic carbocycles. The van der Waals surface area contributed by atoms with Crippen molar-refractivity contribution in [3.05, 3.63) is 65.9 Å². The van der Waals surface area contributed by atoms with Crippen LogP contribution in [0, 0.1) is 12.8 Å². The van der Waals surface area contributed by atoms with Gasteiger partial charge in [0.25, 0.3) is 0 Å². The molecule has 0 unspecified atom stereocenters. The Morgan fingerprint density at radius 2 is 1.90 bits per heavy atom. The zero-order valence-corrected chi connectivity index (χ0v) is 16.3. The van der Waals surface area contributed by atoms with Gasteiger partial charge in [-0.05, 0) is 42.2 Å². The van der Waals surface area contributed by atoms with Crippen LogP contribution in [-0.4, -0.2) is 35.0 Å². The van der Waals surface area contributed by atoms with E-state index < -0.39 is 0 Å². The number of hydrogen-bond acceptors (Lipinski definition) is 4. The van der Waals surface area contributed by atoms with Crippen LogP contribution in [0.15, 0.2) is 59.1 Å². The van der Waals surface area contributed by atoms with Gasteiger partial charge in [-0.1, -0.05) is 47.6 Å². The maximum Gasteiger partial charge on any atom is 0.246 e. The zero-order valence-electron chi connectivity index (χ0n) is 16.3. The maximum atomic E-state index is 12.6. The molecular formula is C23H23N3O3. The summed E-state index contributed by atoms with van der Waals surface area (Å²) in [6.45, 7) is 2.90. The van der Waals surface area contributed by atoms with E-state index in [0.717, 1.165) is 16.3 Å². The summed E-state index contributed by atoms with van der Waals surface area (Å²) < 4.78 is 4.97. The second-order valence-corrected chi connectivity index (χ2v) is 7.31. The smallest absolute Gasteiger partial charge is 0.246 e. The van der Waals surface area contributed by atoms with Crippen molar-refractivity contribution in [3.8, 4) is 0 Å². The summed E-state index contributed by atoms with van der Waals surface area (Å²) >= 11 is 0. The van der Waals surface area contributed by atoms with Crippen molar-refractivity contribution >= 4 is 34.5 Å². The minimum absolute atomic E-state index is 0.0241. The van der Waals surface area contributed by atoms with Gasteiger partial charge in [0.15, 0.2) is 5.82 Å². The molecule has 0 atom stereocenters. The van der Waals surface area contributed by atoms with E-state index in [1.54, 1.807) is 24.0 Å². The third-order valence-corrected chi connectivity index (χ3v) is 5.29. The highest BCUT2D eigenvalue weighted by Crippen LogP contribution is 2.22. The second kappa shape index (κ2) is 8.31. The number of aromatic nitrogens is 1. The molecule has 148 valence electrons. The molecule has 0 radical (unpaired) electrons. The number of hydrogen-bond donors (Lipinski definition) is 1. The van der Waals surface area contributed by atoms with Crippen molar-refractivity contribution in [1.29, 1.82) is 0 Å². The third-order valence-electron chi connectivity index (χ3n) is 5.29. The molecule has 3 aromatic rings. The van der Waals surface area contributed by atoms with Crippen LogP contribution >= 0.6 is 0 Å². The van der Waals surface area contributed by atoms with Gasteiger partial charge >= 0.3 is 0 Å². The number of nitrogens with zero attached hydrogens (tertiary/aromatic N) is 2. The summed E-state index contributed by atoms with van der Waals surface area (Å²) in [6, 6.07) is 15.9. The van der Waals surface area contributed by atoms with Gasteiger partial charge in [0.05, 0.1) is 0 Å². The third kappa shape index (κ3) is 4.37. The normalized spacial score (nSPS) is 15.1. The number of anilines is 1. The van der Waals surface area contributed by atoms with E-state index >= 15 is 0 Å². The number of fused-ring (bicyclic) bond motifs is 1. The van der Waals surface area contributed by atoms with Crippen LogP contribution in [0.3, 0.4) is 0 Å². The molecule has 1 aliphatic heterocycles. The lowest BCUT2D eigenvalue weighted by Crippen LogP contribution is -2.40. The van der Waals surface area contributed by atoms with Crippen molar-refractivity contribution in [2.45, 2.75) is 19.8 Å². The highest BCUT2D eigenvalue weighted by Gasteiger charge is 2.27. The molecule has 6 nitrogen and oxygen atoms in total. The van der Waals surface area contributed by atoms with E-state index in [4.69, 9.17) is 4.52 Å². The number of amides is 2. The number of benzene rings is 2. The molecule has 0 saturated carbocycles. The largest absolute Gasteiger partial charge is 0.360 e. The first-order chi connectivity index (χ1) is 14.1. The second-order valence-electron chi connectivity index (χ2n) is 7.31. The van der Waals surface area contributed by atoms with Crippen LogP contribution in [0.2, 0.25) is 0 Å². The molecule has 4 rings (SSSR count). The molecule has 0 aliphatic carbocycles.